The highest BCUT2D eigenvalue weighted by molar-refractivity contribution is 6.37. The van der Waals surface area contributed by atoms with Gasteiger partial charge in [0.15, 0.2) is 5.75 Å². The maximum absolute atomic E-state index is 12.4. The lowest BCUT2D eigenvalue weighted by molar-refractivity contribution is -0.00546. The van der Waals surface area contributed by atoms with Crippen molar-refractivity contribution in [2.45, 2.75) is 32.6 Å². The standard InChI is InChI=1S/C20H23Cl2N3O3/c1-12-10-25(11-13(2)28-12)18-5-4-14(8-23-18)9-24-20(26)15-6-16(21)19(27-3)17(22)7-15/h4-8,12-13H,9-11H2,1-3H3,(H,24,26). The summed E-state index contributed by atoms with van der Waals surface area (Å²) >= 11 is 12.2. The normalized spacial score (nSPS) is 19.4. The number of carbonyl (C=O) groups is 1. The molecule has 1 aromatic carbocycles. The number of ether oxygens (including phenoxy) is 2. The second kappa shape index (κ2) is 8.99. The van der Waals surface area contributed by atoms with E-state index >= 15 is 0 Å². The Morgan fingerprint density at radius 1 is 1.25 bits per heavy atom. The van der Waals surface area contributed by atoms with E-state index in [2.05, 4.69) is 29.0 Å². The smallest absolute Gasteiger partial charge is 0.251 e. The summed E-state index contributed by atoms with van der Waals surface area (Å²) in [5, 5.41) is 3.43. The van der Waals surface area contributed by atoms with Gasteiger partial charge in [-0.25, -0.2) is 4.98 Å². The number of halogens is 2. The molecule has 2 heterocycles. The number of anilines is 1. The van der Waals surface area contributed by atoms with Crippen LogP contribution in [0, 0.1) is 0 Å². The third kappa shape index (κ3) is 4.87. The summed E-state index contributed by atoms with van der Waals surface area (Å²) in [5.74, 6) is 0.989. The van der Waals surface area contributed by atoms with E-state index in [9.17, 15) is 4.79 Å². The number of hydrogen-bond donors (Lipinski definition) is 1. The molecule has 1 fully saturated rings. The van der Waals surface area contributed by atoms with E-state index < -0.39 is 0 Å². The van der Waals surface area contributed by atoms with Gasteiger partial charge in [0.05, 0.1) is 29.4 Å². The highest BCUT2D eigenvalue weighted by Crippen LogP contribution is 2.33. The molecule has 1 N–H and O–H groups in total. The highest BCUT2D eigenvalue weighted by Gasteiger charge is 2.23. The Labute approximate surface area is 174 Å². The summed E-state index contributed by atoms with van der Waals surface area (Å²) < 4.78 is 10.9. The fourth-order valence-electron chi connectivity index (χ4n) is 3.24. The minimum Gasteiger partial charge on any atom is -0.494 e. The largest absolute Gasteiger partial charge is 0.494 e. The van der Waals surface area contributed by atoms with Gasteiger partial charge in [-0.15, -0.1) is 0 Å². The lowest BCUT2D eigenvalue weighted by atomic mass is 10.2. The van der Waals surface area contributed by atoms with Crippen molar-refractivity contribution >= 4 is 34.9 Å². The molecule has 2 unspecified atom stereocenters. The molecule has 6 nitrogen and oxygen atoms in total. The molecule has 1 aliphatic rings. The maximum Gasteiger partial charge on any atom is 0.251 e. The summed E-state index contributed by atoms with van der Waals surface area (Å²) in [6.07, 6.45) is 2.12. The van der Waals surface area contributed by atoms with Crippen molar-refractivity contribution in [3.8, 4) is 5.75 Å². The average Bonchev–Trinajstić information content (AvgIpc) is 2.65. The van der Waals surface area contributed by atoms with Crippen LogP contribution in [0.25, 0.3) is 0 Å². The Hall–Kier alpha value is -2.02. The molecule has 0 radical (unpaired) electrons. The predicted molar refractivity (Wildman–Crippen MR) is 111 cm³/mol. The van der Waals surface area contributed by atoms with Gasteiger partial charge < -0.3 is 19.7 Å². The van der Waals surface area contributed by atoms with Crippen LogP contribution >= 0.6 is 23.2 Å². The van der Waals surface area contributed by atoms with Crippen molar-refractivity contribution in [1.82, 2.24) is 10.3 Å². The molecule has 8 heteroatoms. The molecule has 1 amide bonds. The number of aromatic nitrogens is 1. The van der Waals surface area contributed by atoms with Crippen molar-refractivity contribution in [2.75, 3.05) is 25.1 Å². The Kier molecular flexibility index (Phi) is 6.65. The lowest BCUT2D eigenvalue weighted by Gasteiger charge is -2.36. The van der Waals surface area contributed by atoms with Crippen LogP contribution in [0.4, 0.5) is 5.82 Å². The zero-order valence-corrected chi connectivity index (χ0v) is 17.5. The molecule has 150 valence electrons. The first-order valence-corrected chi connectivity index (χ1v) is 9.79. The van der Waals surface area contributed by atoms with E-state index in [0.717, 1.165) is 24.5 Å². The number of pyridine rings is 1. The molecule has 2 aromatic rings. The molecule has 1 aromatic heterocycles. The molecule has 0 saturated carbocycles. The minimum atomic E-state index is -0.272. The summed E-state index contributed by atoms with van der Waals surface area (Å²) in [4.78, 5) is 19.1. The second-order valence-corrected chi connectivity index (χ2v) is 7.66. The lowest BCUT2D eigenvalue weighted by Crippen LogP contribution is -2.45. The topological polar surface area (TPSA) is 63.7 Å². The number of methoxy groups -OCH3 is 1. The molecule has 3 rings (SSSR count). The number of amides is 1. The molecular weight excluding hydrogens is 401 g/mol. The number of benzene rings is 1. The Balaban J connectivity index is 1.61. The van der Waals surface area contributed by atoms with E-state index in [1.807, 2.05) is 12.1 Å². The number of nitrogens with zero attached hydrogens (tertiary/aromatic N) is 2. The number of hydrogen-bond acceptors (Lipinski definition) is 5. The van der Waals surface area contributed by atoms with Gasteiger partial charge in [-0.05, 0) is 37.6 Å². The van der Waals surface area contributed by atoms with Gasteiger partial charge in [0.1, 0.15) is 5.82 Å². The quantitative estimate of drug-likeness (QED) is 0.788. The van der Waals surface area contributed by atoms with Crippen LogP contribution in [0.1, 0.15) is 29.8 Å². The summed E-state index contributed by atoms with van der Waals surface area (Å²) in [7, 11) is 1.47. The Bertz CT molecular complexity index is 812. The van der Waals surface area contributed by atoms with Crippen LogP contribution in [0.2, 0.25) is 10.0 Å². The fraction of sp³-hybridized carbons (Fsp3) is 0.400. The number of morpholine rings is 1. The zero-order valence-electron chi connectivity index (χ0n) is 16.0. The Morgan fingerprint density at radius 2 is 1.89 bits per heavy atom. The number of nitrogens with one attached hydrogen (secondary N) is 1. The van der Waals surface area contributed by atoms with Crippen LogP contribution in [0.5, 0.6) is 5.75 Å². The third-order valence-electron chi connectivity index (χ3n) is 4.47. The summed E-state index contributed by atoms with van der Waals surface area (Å²) in [6, 6.07) is 6.99. The van der Waals surface area contributed by atoms with Crippen molar-refractivity contribution < 1.29 is 14.3 Å². The average molecular weight is 424 g/mol. The van der Waals surface area contributed by atoms with E-state index in [1.165, 1.54) is 19.2 Å². The van der Waals surface area contributed by atoms with Crippen LogP contribution in [0.15, 0.2) is 30.5 Å². The minimum absolute atomic E-state index is 0.174. The molecule has 2 atom stereocenters. The van der Waals surface area contributed by atoms with E-state index in [1.54, 1.807) is 6.20 Å². The van der Waals surface area contributed by atoms with Gasteiger partial charge in [-0.1, -0.05) is 29.3 Å². The second-order valence-electron chi connectivity index (χ2n) is 6.84. The van der Waals surface area contributed by atoms with Gasteiger partial charge in [-0.2, -0.15) is 0 Å². The van der Waals surface area contributed by atoms with Gasteiger partial charge in [0.2, 0.25) is 0 Å². The Morgan fingerprint density at radius 3 is 2.43 bits per heavy atom. The van der Waals surface area contributed by atoms with Crippen molar-refractivity contribution in [2.24, 2.45) is 0 Å². The van der Waals surface area contributed by atoms with E-state index in [-0.39, 0.29) is 18.1 Å². The molecule has 1 aliphatic heterocycles. The molecule has 0 bridgehead atoms. The van der Waals surface area contributed by atoms with Gasteiger partial charge in [-0.3, -0.25) is 4.79 Å². The van der Waals surface area contributed by atoms with Crippen LogP contribution in [0.3, 0.4) is 0 Å². The van der Waals surface area contributed by atoms with Gasteiger partial charge in [0, 0.05) is 31.4 Å². The monoisotopic (exact) mass is 423 g/mol. The van der Waals surface area contributed by atoms with E-state index in [4.69, 9.17) is 32.7 Å². The predicted octanol–water partition coefficient (Wildman–Crippen LogP) is 3.94. The molecule has 0 spiro atoms. The first-order valence-electron chi connectivity index (χ1n) is 9.04. The molecule has 28 heavy (non-hydrogen) atoms. The fourth-order valence-corrected chi connectivity index (χ4v) is 3.89. The molecular formula is C20H23Cl2N3O3. The zero-order chi connectivity index (χ0) is 20.3. The van der Waals surface area contributed by atoms with Crippen molar-refractivity contribution in [3.05, 3.63) is 51.6 Å². The summed E-state index contributed by atoms with van der Waals surface area (Å²) in [6.45, 7) is 6.09. The van der Waals surface area contributed by atoms with Crippen LogP contribution < -0.4 is 15.0 Å². The van der Waals surface area contributed by atoms with Crippen LogP contribution in [-0.4, -0.2) is 43.3 Å². The van der Waals surface area contributed by atoms with Crippen molar-refractivity contribution in [3.63, 3.8) is 0 Å². The maximum atomic E-state index is 12.4. The third-order valence-corrected chi connectivity index (χ3v) is 5.03. The van der Waals surface area contributed by atoms with Crippen LogP contribution in [-0.2, 0) is 11.3 Å². The summed E-state index contributed by atoms with van der Waals surface area (Å²) in [5.41, 5.74) is 1.27. The van der Waals surface area contributed by atoms with E-state index in [0.29, 0.717) is 27.9 Å². The highest BCUT2D eigenvalue weighted by atomic mass is 35.5. The van der Waals surface area contributed by atoms with Crippen molar-refractivity contribution in [1.29, 1.82) is 0 Å². The van der Waals surface area contributed by atoms with Gasteiger partial charge >= 0.3 is 0 Å². The molecule has 1 saturated heterocycles. The molecule has 0 aliphatic carbocycles. The number of rotatable bonds is 5. The first kappa shape index (κ1) is 20.7. The van der Waals surface area contributed by atoms with Gasteiger partial charge in [0.25, 0.3) is 5.91 Å². The SMILES string of the molecule is COc1c(Cl)cc(C(=O)NCc2ccc(N3CC(C)OC(C)C3)nc2)cc1Cl. The first-order chi connectivity index (χ1) is 13.4. The number of carbonyl (C=O) groups excluding carboxylic acids is 1.